The highest BCUT2D eigenvalue weighted by molar-refractivity contribution is 6.01. The van der Waals surface area contributed by atoms with Crippen LogP contribution >= 0.6 is 0 Å². The number of carbonyl (C=O) groups excluding carboxylic acids is 2. The number of ether oxygens (including phenoxy) is 2. The molecular formula is C17H21N3O4. The third-order valence-corrected chi connectivity index (χ3v) is 4.43. The van der Waals surface area contributed by atoms with Gasteiger partial charge in [-0.3, -0.25) is 9.69 Å². The van der Waals surface area contributed by atoms with Crippen LogP contribution in [0.1, 0.15) is 11.6 Å². The molecule has 2 heterocycles. The number of carbonyl (C=O) groups is 2. The first kappa shape index (κ1) is 16.3. The fourth-order valence-electron chi connectivity index (χ4n) is 3.08. The van der Waals surface area contributed by atoms with Crippen LogP contribution in [0.4, 0.5) is 4.79 Å². The number of methoxy groups -OCH3 is 2. The maximum Gasteiger partial charge on any atom is 0.322 e. The Morgan fingerprint density at radius 2 is 2.08 bits per heavy atom. The first-order valence-electron chi connectivity index (χ1n) is 7.76. The third-order valence-electron chi connectivity index (χ3n) is 4.43. The Labute approximate surface area is 140 Å². The molecular weight excluding hydrogens is 310 g/mol. The molecule has 1 aromatic rings. The van der Waals surface area contributed by atoms with Crippen LogP contribution in [0.25, 0.3) is 0 Å². The Morgan fingerprint density at radius 1 is 1.29 bits per heavy atom. The van der Waals surface area contributed by atoms with Crippen molar-refractivity contribution >= 4 is 11.9 Å². The van der Waals surface area contributed by atoms with Crippen LogP contribution in [-0.4, -0.2) is 62.7 Å². The van der Waals surface area contributed by atoms with E-state index in [4.69, 9.17) is 9.47 Å². The van der Waals surface area contributed by atoms with Crippen LogP contribution in [0.3, 0.4) is 0 Å². The molecule has 0 saturated heterocycles. The van der Waals surface area contributed by atoms with E-state index < -0.39 is 6.04 Å². The summed E-state index contributed by atoms with van der Waals surface area (Å²) in [6.07, 6.45) is 0. The quantitative estimate of drug-likeness (QED) is 0.878. The molecule has 0 saturated carbocycles. The molecule has 0 fully saturated rings. The second-order valence-corrected chi connectivity index (χ2v) is 5.80. The van der Waals surface area contributed by atoms with Gasteiger partial charge in [0.15, 0.2) is 0 Å². The number of hydrogen-bond donors (Lipinski definition) is 1. The average molecular weight is 331 g/mol. The largest absolute Gasteiger partial charge is 0.497 e. The molecule has 1 aromatic carbocycles. The van der Waals surface area contributed by atoms with Gasteiger partial charge in [0.1, 0.15) is 5.75 Å². The number of rotatable bonds is 5. The summed E-state index contributed by atoms with van der Waals surface area (Å²) in [4.78, 5) is 28.4. The van der Waals surface area contributed by atoms with Gasteiger partial charge >= 0.3 is 6.03 Å². The highest BCUT2D eigenvalue weighted by Gasteiger charge is 2.42. The monoisotopic (exact) mass is 331 g/mol. The zero-order chi connectivity index (χ0) is 17.3. The summed E-state index contributed by atoms with van der Waals surface area (Å²) in [5, 5.41) is 2.91. The van der Waals surface area contributed by atoms with Crippen LogP contribution in [0, 0.1) is 0 Å². The number of benzene rings is 1. The first-order valence-corrected chi connectivity index (χ1v) is 7.76. The van der Waals surface area contributed by atoms with Crippen LogP contribution in [0.5, 0.6) is 5.75 Å². The number of nitrogens with zero attached hydrogens (tertiary/aromatic N) is 2. The van der Waals surface area contributed by atoms with Crippen molar-refractivity contribution in [2.24, 2.45) is 0 Å². The minimum Gasteiger partial charge on any atom is -0.497 e. The number of likely N-dealkylation sites (N-methyl/N-ethyl adjacent to an activating group) is 1. The molecule has 7 heteroatoms. The van der Waals surface area contributed by atoms with E-state index in [0.717, 1.165) is 11.3 Å². The third kappa shape index (κ3) is 2.71. The fourth-order valence-corrected chi connectivity index (χ4v) is 3.08. The standard InChI is InChI=1S/C17H21N3O4/c1-19-13-10-20(7-8-23-2)16(21)14(13)15(18-17(19)22)11-5-4-6-12(9-11)24-3/h4-6,9,15H,7-8,10H2,1-3H3,(H,18,22)/t15-/m1/s1. The lowest BCUT2D eigenvalue weighted by atomic mass is 9.95. The average Bonchev–Trinajstić information content (AvgIpc) is 2.93. The maximum absolute atomic E-state index is 12.8. The van der Waals surface area contributed by atoms with Gasteiger partial charge in [0, 0.05) is 20.7 Å². The summed E-state index contributed by atoms with van der Waals surface area (Å²) in [7, 11) is 4.87. The molecule has 128 valence electrons. The highest BCUT2D eigenvalue weighted by Crippen LogP contribution is 2.36. The van der Waals surface area contributed by atoms with Gasteiger partial charge in [-0.1, -0.05) is 12.1 Å². The first-order chi connectivity index (χ1) is 11.6. The second-order valence-electron chi connectivity index (χ2n) is 5.80. The van der Waals surface area contributed by atoms with Crippen LogP contribution in [-0.2, 0) is 9.53 Å². The van der Waals surface area contributed by atoms with Crippen molar-refractivity contribution in [3.63, 3.8) is 0 Å². The molecule has 2 aliphatic heterocycles. The van der Waals surface area contributed by atoms with Gasteiger partial charge in [-0.15, -0.1) is 0 Å². The van der Waals surface area contributed by atoms with Gasteiger partial charge in [-0.2, -0.15) is 0 Å². The van der Waals surface area contributed by atoms with Gasteiger partial charge in [0.05, 0.1) is 37.6 Å². The van der Waals surface area contributed by atoms with E-state index in [9.17, 15) is 9.59 Å². The number of amides is 3. The molecule has 2 aliphatic rings. The Morgan fingerprint density at radius 3 is 2.79 bits per heavy atom. The van der Waals surface area contributed by atoms with Crippen LogP contribution in [0.15, 0.2) is 35.5 Å². The molecule has 0 unspecified atom stereocenters. The SMILES string of the molecule is COCCN1CC2=C(C1=O)[C@@H](c1cccc(OC)c1)NC(=O)N2C. The molecule has 0 bridgehead atoms. The summed E-state index contributed by atoms with van der Waals surface area (Å²) in [5.74, 6) is 0.617. The van der Waals surface area contributed by atoms with Crippen molar-refractivity contribution in [1.29, 1.82) is 0 Å². The van der Waals surface area contributed by atoms with E-state index in [-0.39, 0.29) is 11.9 Å². The van der Waals surface area contributed by atoms with Crippen LogP contribution < -0.4 is 10.1 Å². The molecule has 24 heavy (non-hydrogen) atoms. The van der Waals surface area contributed by atoms with Crippen molar-refractivity contribution in [1.82, 2.24) is 15.1 Å². The number of nitrogens with one attached hydrogen (secondary N) is 1. The minimum atomic E-state index is -0.473. The molecule has 0 aliphatic carbocycles. The molecule has 0 radical (unpaired) electrons. The van der Waals surface area contributed by atoms with E-state index in [1.807, 2.05) is 24.3 Å². The zero-order valence-electron chi connectivity index (χ0n) is 14.0. The topological polar surface area (TPSA) is 71.1 Å². The second kappa shape index (κ2) is 6.52. The van der Waals surface area contributed by atoms with Gasteiger partial charge < -0.3 is 19.7 Å². The Bertz CT molecular complexity index is 701. The van der Waals surface area contributed by atoms with Crippen molar-refractivity contribution in [3.05, 3.63) is 41.1 Å². The number of hydrogen-bond acceptors (Lipinski definition) is 4. The lowest BCUT2D eigenvalue weighted by Gasteiger charge is -2.31. The van der Waals surface area contributed by atoms with Gasteiger partial charge in [-0.05, 0) is 17.7 Å². The van der Waals surface area contributed by atoms with Crippen molar-refractivity contribution in [3.8, 4) is 5.75 Å². The number of urea groups is 1. The summed E-state index contributed by atoms with van der Waals surface area (Å²) < 4.78 is 10.3. The fraction of sp³-hybridized carbons (Fsp3) is 0.412. The van der Waals surface area contributed by atoms with Crippen molar-refractivity contribution < 1.29 is 19.1 Å². The van der Waals surface area contributed by atoms with E-state index in [2.05, 4.69) is 5.32 Å². The molecule has 1 atom stereocenters. The molecule has 0 spiro atoms. The molecule has 1 N–H and O–H groups in total. The summed E-state index contributed by atoms with van der Waals surface area (Å²) in [6.45, 7) is 1.37. The van der Waals surface area contributed by atoms with Gasteiger partial charge in [0.2, 0.25) is 0 Å². The van der Waals surface area contributed by atoms with E-state index in [1.54, 1.807) is 26.2 Å². The summed E-state index contributed by atoms with van der Waals surface area (Å²) in [6, 6.07) is 6.71. The Hall–Kier alpha value is -2.54. The van der Waals surface area contributed by atoms with E-state index in [1.165, 1.54) is 4.90 Å². The van der Waals surface area contributed by atoms with Gasteiger partial charge in [-0.25, -0.2) is 4.79 Å². The van der Waals surface area contributed by atoms with E-state index >= 15 is 0 Å². The molecule has 3 amide bonds. The minimum absolute atomic E-state index is 0.0679. The molecule has 0 aromatic heterocycles. The molecule has 3 rings (SSSR count). The Balaban J connectivity index is 1.97. The van der Waals surface area contributed by atoms with Crippen LogP contribution in [0.2, 0.25) is 0 Å². The highest BCUT2D eigenvalue weighted by atomic mass is 16.5. The smallest absolute Gasteiger partial charge is 0.322 e. The summed E-state index contributed by atoms with van der Waals surface area (Å²) in [5.41, 5.74) is 2.18. The van der Waals surface area contributed by atoms with Crippen molar-refractivity contribution in [2.75, 3.05) is 41.0 Å². The summed E-state index contributed by atoms with van der Waals surface area (Å²) >= 11 is 0. The normalized spacial score (nSPS) is 20.4. The zero-order valence-corrected chi connectivity index (χ0v) is 14.0. The maximum atomic E-state index is 12.8. The Kier molecular flexibility index (Phi) is 4.44. The molecule has 7 nitrogen and oxygen atoms in total. The predicted octanol–water partition coefficient (Wildman–Crippen LogP) is 1.13. The predicted molar refractivity (Wildman–Crippen MR) is 87.5 cm³/mol. The van der Waals surface area contributed by atoms with Crippen molar-refractivity contribution in [2.45, 2.75) is 6.04 Å². The lowest BCUT2D eigenvalue weighted by Crippen LogP contribution is -2.45. The van der Waals surface area contributed by atoms with E-state index in [0.29, 0.717) is 31.0 Å². The van der Waals surface area contributed by atoms with Gasteiger partial charge in [0.25, 0.3) is 5.91 Å². The lowest BCUT2D eigenvalue weighted by molar-refractivity contribution is -0.126.